The van der Waals surface area contributed by atoms with E-state index in [1.807, 2.05) is 0 Å². The molecule has 1 N–H and O–H groups in total. The highest BCUT2D eigenvalue weighted by atomic mass is 19.4. The Bertz CT molecular complexity index is 742. The third kappa shape index (κ3) is 3.21. The number of benzene rings is 1. The van der Waals surface area contributed by atoms with Gasteiger partial charge in [-0.15, -0.1) is 0 Å². The van der Waals surface area contributed by atoms with E-state index < -0.39 is 17.7 Å². The van der Waals surface area contributed by atoms with Gasteiger partial charge in [0.05, 0.1) is 5.56 Å². The van der Waals surface area contributed by atoms with Gasteiger partial charge in [0.25, 0.3) is 0 Å². The lowest BCUT2D eigenvalue weighted by Crippen LogP contribution is -2.07. The molecule has 6 heteroatoms. The first-order chi connectivity index (χ1) is 10.2. The molecule has 0 saturated carbocycles. The molecule has 0 radical (unpaired) electrons. The van der Waals surface area contributed by atoms with Crippen LogP contribution in [0.2, 0.25) is 0 Å². The maximum atomic E-state index is 12.8. The molecule has 1 aromatic heterocycles. The minimum Gasteiger partial charge on any atom is -0.478 e. The number of nitrogens with zero attached hydrogens (tertiary/aromatic N) is 1. The van der Waals surface area contributed by atoms with Crippen molar-refractivity contribution in [3.05, 3.63) is 58.9 Å². The van der Waals surface area contributed by atoms with Gasteiger partial charge in [-0.05, 0) is 49.8 Å². The van der Waals surface area contributed by atoms with E-state index in [2.05, 4.69) is 0 Å². The Morgan fingerprint density at radius 1 is 1.23 bits per heavy atom. The number of carboxylic acids is 1. The fraction of sp³-hybridized carbons (Fsp3) is 0.188. The van der Waals surface area contributed by atoms with Crippen LogP contribution in [0.5, 0.6) is 0 Å². The summed E-state index contributed by atoms with van der Waals surface area (Å²) >= 11 is 0. The number of hydrogen-bond acceptors (Lipinski definition) is 1. The van der Waals surface area contributed by atoms with E-state index in [0.717, 1.165) is 23.9 Å². The van der Waals surface area contributed by atoms with Gasteiger partial charge in [0, 0.05) is 23.2 Å². The number of alkyl halides is 3. The highest BCUT2D eigenvalue weighted by Crippen LogP contribution is 2.31. The maximum Gasteiger partial charge on any atom is 0.416 e. The Hall–Kier alpha value is -2.50. The SMILES string of the molecule is Cc1cc(/C=C/C(=O)O)c(C)n1-c1cccc(C(F)(F)F)c1. The van der Waals surface area contributed by atoms with Gasteiger partial charge in [-0.3, -0.25) is 0 Å². The summed E-state index contributed by atoms with van der Waals surface area (Å²) < 4.78 is 40.1. The van der Waals surface area contributed by atoms with Gasteiger partial charge in [-0.1, -0.05) is 6.07 Å². The van der Waals surface area contributed by atoms with Crippen molar-refractivity contribution < 1.29 is 23.1 Å². The molecule has 3 nitrogen and oxygen atoms in total. The topological polar surface area (TPSA) is 42.2 Å². The van der Waals surface area contributed by atoms with Gasteiger partial charge in [0.2, 0.25) is 0 Å². The van der Waals surface area contributed by atoms with Crippen LogP contribution >= 0.6 is 0 Å². The summed E-state index contributed by atoms with van der Waals surface area (Å²) in [7, 11) is 0. The Kier molecular flexibility index (Phi) is 4.12. The molecule has 0 spiro atoms. The monoisotopic (exact) mass is 309 g/mol. The molecule has 0 saturated heterocycles. The second kappa shape index (κ2) is 5.71. The Balaban J connectivity index is 2.52. The predicted molar refractivity (Wildman–Crippen MR) is 76.9 cm³/mol. The lowest BCUT2D eigenvalue weighted by molar-refractivity contribution is -0.137. The normalized spacial score (nSPS) is 12.0. The van der Waals surface area contributed by atoms with Crippen LogP contribution < -0.4 is 0 Å². The van der Waals surface area contributed by atoms with E-state index in [4.69, 9.17) is 5.11 Å². The van der Waals surface area contributed by atoms with Crippen molar-refractivity contribution in [2.24, 2.45) is 0 Å². The molecule has 0 aliphatic carbocycles. The van der Waals surface area contributed by atoms with Crippen LogP contribution in [0.15, 0.2) is 36.4 Å². The Morgan fingerprint density at radius 2 is 1.91 bits per heavy atom. The molecule has 2 rings (SSSR count). The van der Waals surface area contributed by atoms with Crippen LogP contribution in [0.4, 0.5) is 13.2 Å². The molecular weight excluding hydrogens is 295 g/mol. The predicted octanol–water partition coefficient (Wildman–Crippen LogP) is 4.21. The van der Waals surface area contributed by atoms with Crippen LogP contribution in [0, 0.1) is 13.8 Å². The molecule has 0 fully saturated rings. The fourth-order valence-corrected chi connectivity index (χ4v) is 2.34. The average Bonchev–Trinajstić information content (AvgIpc) is 2.70. The molecule has 0 aliphatic rings. The second-order valence-electron chi connectivity index (χ2n) is 4.88. The van der Waals surface area contributed by atoms with Crippen molar-refractivity contribution in [2.75, 3.05) is 0 Å². The highest BCUT2D eigenvalue weighted by molar-refractivity contribution is 5.85. The number of carboxylic acid groups (broad SMARTS) is 1. The van der Waals surface area contributed by atoms with Gasteiger partial charge in [0.1, 0.15) is 0 Å². The number of carbonyl (C=O) groups is 1. The van der Waals surface area contributed by atoms with Crippen molar-refractivity contribution >= 4 is 12.0 Å². The first-order valence-electron chi connectivity index (χ1n) is 6.47. The minimum atomic E-state index is -4.41. The molecule has 0 unspecified atom stereocenters. The quantitative estimate of drug-likeness (QED) is 0.863. The van der Waals surface area contributed by atoms with Gasteiger partial charge >= 0.3 is 12.1 Å². The molecule has 1 aromatic carbocycles. The van der Waals surface area contributed by atoms with Gasteiger partial charge < -0.3 is 9.67 Å². The Morgan fingerprint density at radius 3 is 2.50 bits per heavy atom. The van der Waals surface area contributed by atoms with Crippen molar-refractivity contribution in [2.45, 2.75) is 20.0 Å². The zero-order valence-corrected chi connectivity index (χ0v) is 12.0. The summed E-state index contributed by atoms with van der Waals surface area (Å²) in [6, 6.07) is 6.76. The van der Waals surface area contributed by atoms with E-state index in [0.29, 0.717) is 16.9 Å². The summed E-state index contributed by atoms with van der Waals surface area (Å²) in [5.74, 6) is -1.08. The molecule has 0 bridgehead atoms. The third-order valence-corrected chi connectivity index (χ3v) is 3.31. The van der Waals surface area contributed by atoms with Gasteiger partial charge in [0.15, 0.2) is 0 Å². The van der Waals surface area contributed by atoms with Crippen molar-refractivity contribution in [1.82, 2.24) is 4.57 Å². The molecule has 116 valence electrons. The molecule has 0 atom stereocenters. The van der Waals surface area contributed by atoms with Gasteiger partial charge in [-0.2, -0.15) is 13.2 Å². The van der Waals surface area contributed by atoms with Crippen LogP contribution in [0.1, 0.15) is 22.5 Å². The molecule has 0 aliphatic heterocycles. The first kappa shape index (κ1) is 15.9. The number of aryl methyl sites for hydroxylation is 1. The highest BCUT2D eigenvalue weighted by Gasteiger charge is 2.30. The van der Waals surface area contributed by atoms with Crippen LogP contribution in [0.25, 0.3) is 11.8 Å². The molecule has 22 heavy (non-hydrogen) atoms. The number of rotatable bonds is 3. The smallest absolute Gasteiger partial charge is 0.416 e. The van der Waals surface area contributed by atoms with Crippen molar-refractivity contribution in [1.29, 1.82) is 0 Å². The zero-order valence-electron chi connectivity index (χ0n) is 12.0. The van der Waals surface area contributed by atoms with Gasteiger partial charge in [-0.25, -0.2) is 4.79 Å². The third-order valence-electron chi connectivity index (χ3n) is 3.31. The molecular formula is C16H14F3NO2. The number of halogens is 3. The van der Waals surface area contributed by atoms with E-state index >= 15 is 0 Å². The van der Waals surface area contributed by atoms with Crippen molar-refractivity contribution in [3.63, 3.8) is 0 Å². The van der Waals surface area contributed by atoms with E-state index in [1.54, 1.807) is 30.5 Å². The summed E-state index contributed by atoms with van der Waals surface area (Å²) in [6.07, 6.45) is -1.98. The average molecular weight is 309 g/mol. The lowest BCUT2D eigenvalue weighted by atomic mass is 10.2. The Labute approximate surface area is 125 Å². The molecule has 0 amide bonds. The summed E-state index contributed by atoms with van der Waals surface area (Å²) in [5, 5.41) is 8.67. The molecule has 2 aromatic rings. The summed E-state index contributed by atoms with van der Waals surface area (Å²) in [6.45, 7) is 3.49. The van der Waals surface area contributed by atoms with Crippen LogP contribution in [0.3, 0.4) is 0 Å². The van der Waals surface area contributed by atoms with Crippen LogP contribution in [-0.2, 0) is 11.0 Å². The number of hydrogen-bond donors (Lipinski definition) is 1. The first-order valence-corrected chi connectivity index (χ1v) is 6.47. The van der Waals surface area contributed by atoms with Crippen LogP contribution in [-0.4, -0.2) is 15.6 Å². The summed E-state index contributed by atoms with van der Waals surface area (Å²) in [5.41, 5.74) is 1.72. The number of aromatic nitrogens is 1. The van der Waals surface area contributed by atoms with Crippen molar-refractivity contribution in [3.8, 4) is 5.69 Å². The summed E-state index contributed by atoms with van der Waals surface area (Å²) in [4.78, 5) is 10.6. The van der Waals surface area contributed by atoms with E-state index in [9.17, 15) is 18.0 Å². The molecule has 1 heterocycles. The fourth-order valence-electron chi connectivity index (χ4n) is 2.34. The largest absolute Gasteiger partial charge is 0.478 e. The number of aliphatic carboxylic acids is 1. The standard InChI is InChI=1S/C16H14F3NO2/c1-10-8-12(6-7-15(21)22)11(2)20(10)14-5-3-4-13(9-14)16(17,18)19/h3-9H,1-2H3,(H,21,22)/b7-6+. The lowest BCUT2D eigenvalue weighted by Gasteiger charge is -2.13. The minimum absolute atomic E-state index is 0.389. The second-order valence-corrected chi connectivity index (χ2v) is 4.88. The van der Waals surface area contributed by atoms with E-state index in [1.165, 1.54) is 12.1 Å². The van der Waals surface area contributed by atoms with E-state index in [-0.39, 0.29) is 0 Å². The zero-order chi connectivity index (χ0) is 16.5. The maximum absolute atomic E-state index is 12.8.